The molecule has 2 amide bonds. The predicted octanol–water partition coefficient (Wildman–Crippen LogP) is 3.60. The summed E-state index contributed by atoms with van der Waals surface area (Å²) in [6.45, 7) is 4.30. The number of hydrogen-bond donors (Lipinski definition) is 1. The van der Waals surface area contributed by atoms with E-state index in [4.69, 9.17) is 4.52 Å². The standard InChI is InChI=1S/C23H23FN4O3/c1-14(2)12-19-21(29)25-18(15-6-4-3-5-7-15)13-28(19)23(30)20-26-22(31-27-20)16-8-10-17(24)11-9-16/h3-11,14,18-19H,12-13H2,1-2H3,(H,25,29)/t18-,19+/m1/s1. The van der Waals surface area contributed by atoms with Gasteiger partial charge in [-0.25, -0.2) is 4.39 Å². The van der Waals surface area contributed by atoms with Crippen molar-refractivity contribution in [2.24, 2.45) is 5.92 Å². The smallest absolute Gasteiger partial charge is 0.296 e. The van der Waals surface area contributed by atoms with Crippen molar-refractivity contribution < 1.29 is 18.5 Å². The summed E-state index contributed by atoms with van der Waals surface area (Å²) in [5, 5.41) is 6.85. The Morgan fingerprint density at radius 2 is 1.90 bits per heavy atom. The highest BCUT2D eigenvalue weighted by atomic mass is 19.1. The second-order valence-corrected chi connectivity index (χ2v) is 8.00. The Bertz CT molecular complexity index is 1070. The molecule has 2 aromatic carbocycles. The minimum atomic E-state index is -0.625. The molecule has 7 nitrogen and oxygen atoms in total. The van der Waals surface area contributed by atoms with Crippen LogP contribution in [0.3, 0.4) is 0 Å². The molecular formula is C23H23FN4O3. The Morgan fingerprint density at radius 1 is 1.19 bits per heavy atom. The number of carbonyl (C=O) groups excluding carboxylic acids is 2. The van der Waals surface area contributed by atoms with Gasteiger partial charge in [-0.3, -0.25) is 9.59 Å². The number of piperazine rings is 1. The van der Waals surface area contributed by atoms with Crippen LogP contribution in [-0.2, 0) is 4.79 Å². The van der Waals surface area contributed by atoms with Crippen LogP contribution in [0.25, 0.3) is 11.5 Å². The third kappa shape index (κ3) is 4.47. The molecule has 2 heterocycles. The van der Waals surface area contributed by atoms with Gasteiger partial charge in [0.15, 0.2) is 0 Å². The maximum absolute atomic E-state index is 13.3. The van der Waals surface area contributed by atoms with Gasteiger partial charge < -0.3 is 14.7 Å². The molecule has 8 heteroatoms. The van der Waals surface area contributed by atoms with E-state index < -0.39 is 11.9 Å². The van der Waals surface area contributed by atoms with Crippen LogP contribution >= 0.6 is 0 Å². The molecule has 0 radical (unpaired) electrons. The SMILES string of the molecule is CC(C)C[C@H]1C(=O)N[C@@H](c2ccccc2)CN1C(=O)c1noc(-c2ccc(F)cc2)n1. The van der Waals surface area contributed by atoms with E-state index in [2.05, 4.69) is 15.5 Å². The Morgan fingerprint density at radius 3 is 2.58 bits per heavy atom. The van der Waals surface area contributed by atoms with Crippen molar-refractivity contribution in [2.45, 2.75) is 32.4 Å². The number of hydrogen-bond acceptors (Lipinski definition) is 5. The third-order valence-corrected chi connectivity index (χ3v) is 5.24. The van der Waals surface area contributed by atoms with Gasteiger partial charge in [-0.2, -0.15) is 4.98 Å². The van der Waals surface area contributed by atoms with Crippen LogP contribution in [0, 0.1) is 11.7 Å². The van der Waals surface area contributed by atoms with Gasteiger partial charge in [0.1, 0.15) is 11.9 Å². The molecule has 1 fully saturated rings. The molecule has 1 aliphatic heterocycles. The summed E-state index contributed by atoms with van der Waals surface area (Å²) < 4.78 is 18.4. The zero-order valence-electron chi connectivity index (χ0n) is 17.3. The summed E-state index contributed by atoms with van der Waals surface area (Å²) in [5.41, 5.74) is 1.42. The molecule has 0 saturated carbocycles. The highest BCUT2D eigenvalue weighted by Gasteiger charge is 2.39. The number of carbonyl (C=O) groups is 2. The zero-order valence-corrected chi connectivity index (χ0v) is 17.3. The van der Waals surface area contributed by atoms with Crippen molar-refractivity contribution in [3.05, 3.63) is 71.8 Å². The van der Waals surface area contributed by atoms with Crippen LogP contribution in [-0.4, -0.2) is 39.4 Å². The van der Waals surface area contributed by atoms with Gasteiger partial charge in [0.2, 0.25) is 5.91 Å². The van der Waals surface area contributed by atoms with Crippen molar-refractivity contribution >= 4 is 11.8 Å². The molecule has 1 aliphatic rings. The quantitative estimate of drug-likeness (QED) is 0.679. The fraction of sp³-hybridized carbons (Fsp3) is 0.304. The number of amides is 2. The van der Waals surface area contributed by atoms with Gasteiger partial charge in [-0.15, -0.1) is 0 Å². The van der Waals surface area contributed by atoms with Crippen LogP contribution < -0.4 is 5.32 Å². The first-order valence-electron chi connectivity index (χ1n) is 10.2. The second kappa shape index (κ2) is 8.67. The third-order valence-electron chi connectivity index (χ3n) is 5.24. The maximum Gasteiger partial charge on any atom is 0.296 e. The van der Waals surface area contributed by atoms with E-state index in [1.165, 1.54) is 29.2 Å². The second-order valence-electron chi connectivity index (χ2n) is 8.00. The first-order chi connectivity index (χ1) is 14.9. The topological polar surface area (TPSA) is 88.3 Å². The van der Waals surface area contributed by atoms with E-state index in [1.54, 1.807) is 0 Å². The molecule has 0 spiro atoms. The molecule has 31 heavy (non-hydrogen) atoms. The minimum absolute atomic E-state index is 0.116. The van der Waals surface area contributed by atoms with E-state index >= 15 is 0 Å². The Balaban J connectivity index is 1.62. The molecule has 2 atom stereocenters. The maximum atomic E-state index is 13.3. The van der Waals surface area contributed by atoms with Gasteiger partial charge in [-0.1, -0.05) is 49.3 Å². The van der Waals surface area contributed by atoms with Crippen molar-refractivity contribution in [1.29, 1.82) is 0 Å². The summed E-state index contributed by atoms with van der Waals surface area (Å²) in [7, 11) is 0. The minimum Gasteiger partial charge on any atom is -0.346 e. The van der Waals surface area contributed by atoms with E-state index in [0.29, 0.717) is 18.5 Å². The van der Waals surface area contributed by atoms with Crippen molar-refractivity contribution in [1.82, 2.24) is 20.4 Å². The van der Waals surface area contributed by atoms with Crippen LogP contribution in [0.1, 0.15) is 42.5 Å². The number of aromatic nitrogens is 2. The van der Waals surface area contributed by atoms with Crippen molar-refractivity contribution in [3.63, 3.8) is 0 Å². The average molecular weight is 422 g/mol. The summed E-state index contributed by atoms with van der Waals surface area (Å²) in [6.07, 6.45) is 0.516. The first kappa shape index (κ1) is 20.7. The van der Waals surface area contributed by atoms with Gasteiger partial charge in [0.05, 0.1) is 6.04 Å². The van der Waals surface area contributed by atoms with Crippen LogP contribution in [0.5, 0.6) is 0 Å². The van der Waals surface area contributed by atoms with E-state index in [9.17, 15) is 14.0 Å². The summed E-state index contributed by atoms with van der Waals surface area (Å²) in [5.74, 6) is -0.871. The highest BCUT2D eigenvalue weighted by Crippen LogP contribution is 2.26. The van der Waals surface area contributed by atoms with Gasteiger partial charge in [0, 0.05) is 12.1 Å². The lowest BCUT2D eigenvalue weighted by Gasteiger charge is -2.39. The summed E-state index contributed by atoms with van der Waals surface area (Å²) >= 11 is 0. The molecule has 3 aromatic rings. The number of nitrogens with one attached hydrogen (secondary N) is 1. The van der Waals surface area contributed by atoms with E-state index in [-0.39, 0.29) is 35.4 Å². The van der Waals surface area contributed by atoms with E-state index in [1.807, 2.05) is 44.2 Å². The van der Waals surface area contributed by atoms with Gasteiger partial charge >= 0.3 is 0 Å². The first-order valence-corrected chi connectivity index (χ1v) is 10.2. The number of nitrogens with zero attached hydrogens (tertiary/aromatic N) is 3. The number of rotatable bonds is 5. The predicted molar refractivity (Wildman–Crippen MR) is 111 cm³/mol. The highest BCUT2D eigenvalue weighted by molar-refractivity contribution is 5.96. The fourth-order valence-electron chi connectivity index (χ4n) is 3.71. The Hall–Kier alpha value is -3.55. The lowest BCUT2D eigenvalue weighted by atomic mass is 9.95. The molecule has 1 aromatic heterocycles. The lowest BCUT2D eigenvalue weighted by molar-refractivity contribution is -0.130. The number of halogens is 1. The molecule has 0 bridgehead atoms. The monoisotopic (exact) mass is 422 g/mol. The van der Waals surface area contributed by atoms with Crippen molar-refractivity contribution in [2.75, 3.05) is 6.54 Å². The lowest BCUT2D eigenvalue weighted by Crippen LogP contribution is -2.58. The molecule has 0 unspecified atom stereocenters. The van der Waals surface area contributed by atoms with Crippen LogP contribution in [0.2, 0.25) is 0 Å². The van der Waals surface area contributed by atoms with Gasteiger partial charge in [0.25, 0.3) is 17.6 Å². The largest absolute Gasteiger partial charge is 0.346 e. The molecule has 1 N–H and O–H groups in total. The fourth-order valence-corrected chi connectivity index (χ4v) is 3.71. The average Bonchev–Trinajstić information content (AvgIpc) is 3.25. The van der Waals surface area contributed by atoms with Crippen LogP contribution in [0.4, 0.5) is 4.39 Å². The molecular weight excluding hydrogens is 399 g/mol. The molecule has 160 valence electrons. The number of benzene rings is 2. The zero-order chi connectivity index (χ0) is 22.0. The van der Waals surface area contributed by atoms with Gasteiger partial charge in [-0.05, 0) is 42.2 Å². The Labute approximate surface area is 179 Å². The van der Waals surface area contributed by atoms with E-state index in [0.717, 1.165) is 5.56 Å². The molecule has 1 saturated heterocycles. The normalized spacial score (nSPS) is 18.8. The Kier molecular flexibility index (Phi) is 5.79. The van der Waals surface area contributed by atoms with Crippen molar-refractivity contribution in [3.8, 4) is 11.5 Å². The van der Waals surface area contributed by atoms with Crippen LogP contribution in [0.15, 0.2) is 59.1 Å². The summed E-state index contributed by atoms with van der Waals surface area (Å²) in [4.78, 5) is 31.9. The molecule has 4 rings (SSSR count). The molecule has 0 aliphatic carbocycles. The summed E-state index contributed by atoms with van der Waals surface area (Å²) in [6, 6.07) is 14.1.